The van der Waals surface area contributed by atoms with Gasteiger partial charge in [0.15, 0.2) is 5.88 Å². The van der Waals surface area contributed by atoms with Gasteiger partial charge in [-0.25, -0.2) is 0 Å². The molecule has 4 aliphatic heterocycles. The number of aryl methyl sites for hydroxylation is 1. The zero-order chi connectivity index (χ0) is 38.7. The lowest BCUT2D eigenvalue weighted by molar-refractivity contribution is -0.0108. The Morgan fingerprint density at radius 3 is 1.73 bits per heavy atom. The van der Waals surface area contributed by atoms with Gasteiger partial charge in [0.1, 0.15) is 17.0 Å². The van der Waals surface area contributed by atoms with Gasteiger partial charge in [-0.05, 0) is 152 Å². The van der Waals surface area contributed by atoms with E-state index in [1.807, 2.05) is 0 Å². The Labute approximate surface area is 330 Å². The molecule has 0 bridgehead atoms. The summed E-state index contributed by atoms with van der Waals surface area (Å²) >= 11 is 0. The topological polar surface area (TPSA) is 24.9 Å². The summed E-state index contributed by atoms with van der Waals surface area (Å²) in [5.41, 5.74) is 15.2. The molecular weight excluding hydrogens is 671 g/mol. The number of fused-ring (bicyclic) bond motifs is 8. The Morgan fingerprint density at radius 2 is 1.11 bits per heavy atom. The largest absolute Gasteiger partial charge is 0.486 e. The number of hydrogen-bond acceptors (Lipinski definition) is 4. The van der Waals surface area contributed by atoms with Crippen LogP contribution in [0, 0.1) is 12.3 Å². The van der Waals surface area contributed by atoms with Crippen molar-refractivity contribution in [2.24, 2.45) is 5.41 Å². The van der Waals surface area contributed by atoms with Crippen molar-refractivity contribution in [1.29, 1.82) is 0 Å². The quantitative estimate of drug-likeness (QED) is 0.192. The molecule has 6 aliphatic rings. The molecule has 4 nitrogen and oxygen atoms in total. The number of nitrogens with zero attached hydrogens (tertiary/aromatic N) is 2. The lowest BCUT2D eigenvalue weighted by Crippen LogP contribution is -2.58. The number of ether oxygens (including phenoxy) is 2. The first-order valence-electron chi connectivity index (χ1n) is 21.1. The molecule has 5 heteroatoms. The molecule has 0 aromatic heterocycles. The van der Waals surface area contributed by atoms with E-state index in [0.29, 0.717) is 0 Å². The summed E-state index contributed by atoms with van der Waals surface area (Å²) in [7, 11) is 0. The van der Waals surface area contributed by atoms with Crippen LogP contribution in [0.15, 0.2) is 84.2 Å². The van der Waals surface area contributed by atoms with Crippen LogP contribution in [0.5, 0.6) is 5.75 Å². The number of hydrogen-bond donors (Lipinski definition) is 0. The highest BCUT2D eigenvalue weighted by molar-refractivity contribution is 6.95. The van der Waals surface area contributed by atoms with Crippen molar-refractivity contribution in [2.75, 3.05) is 9.80 Å². The predicted molar refractivity (Wildman–Crippen MR) is 230 cm³/mol. The summed E-state index contributed by atoms with van der Waals surface area (Å²) in [6.45, 7) is 25.9. The van der Waals surface area contributed by atoms with Crippen molar-refractivity contribution in [3.8, 4) is 5.75 Å². The second-order valence-corrected chi connectivity index (χ2v) is 20.9. The van der Waals surface area contributed by atoms with Gasteiger partial charge >= 0.3 is 0 Å². The van der Waals surface area contributed by atoms with Gasteiger partial charge in [0.2, 0.25) is 0 Å². The number of benzene rings is 4. The van der Waals surface area contributed by atoms with Crippen molar-refractivity contribution in [3.63, 3.8) is 0 Å². The first-order chi connectivity index (χ1) is 25.9. The molecule has 0 spiro atoms. The Bertz CT molecular complexity index is 2310. The lowest BCUT2D eigenvalue weighted by Gasteiger charge is -2.45. The summed E-state index contributed by atoms with van der Waals surface area (Å²) in [6, 6.07) is 28.6. The van der Waals surface area contributed by atoms with Crippen molar-refractivity contribution < 1.29 is 9.47 Å². The van der Waals surface area contributed by atoms with Gasteiger partial charge < -0.3 is 14.4 Å². The van der Waals surface area contributed by atoms with E-state index in [4.69, 9.17) is 9.47 Å². The molecule has 0 radical (unpaired) electrons. The highest BCUT2D eigenvalue weighted by atomic mass is 16.5. The van der Waals surface area contributed by atoms with Crippen molar-refractivity contribution >= 4 is 46.1 Å². The predicted octanol–water partition coefficient (Wildman–Crippen LogP) is 11.8. The van der Waals surface area contributed by atoms with E-state index in [9.17, 15) is 0 Å². The lowest BCUT2D eigenvalue weighted by atomic mass is 9.29. The van der Waals surface area contributed by atoms with Crippen LogP contribution in [0.1, 0.15) is 136 Å². The molecular formula is C50H59BN2O2. The minimum absolute atomic E-state index is 0.0328. The molecule has 2 fully saturated rings. The molecule has 0 saturated heterocycles. The molecule has 284 valence electrons. The summed E-state index contributed by atoms with van der Waals surface area (Å²) in [6.07, 6.45) is 8.07. The molecule has 4 aromatic carbocycles. The van der Waals surface area contributed by atoms with Crippen LogP contribution in [0.4, 0.5) is 28.4 Å². The van der Waals surface area contributed by atoms with Gasteiger partial charge in [-0.15, -0.1) is 0 Å². The standard InChI is InChI=1S/C50H59BN2O2/c1-31-27-39-42-40(28-31)53(35-21-17-33(18-22-35)46(5,6)7)44-43(48(9)24-14-26-50(48,11)55-44)51(42)37-30-41-36(47(8)23-12-13-25-49(47,10)54-41)29-38(37)52(39)34-19-15-32(16-20-34)45(2,3)4/h15-22,27-30H,12-14,23-26H2,1-11H3. The Morgan fingerprint density at radius 1 is 0.582 bits per heavy atom. The summed E-state index contributed by atoms with van der Waals surface area (Å²) in [4.78, 5) is 5.09. The summed E-state index contributed by atoms with van der Waals surface area (Å²) in [5.74, 6) is 2.14. The summed E-state index contributed by atoms with van der Waals surface area (Å²) in [5, 5.41) is 0. The van der Waals surface area contributed by atoms with Gasteiger partial charge in [0.05, 0.1) is 0 Å². The third-order valence-corrected chi connectivity index (χ3v) is 15.5. The Kier molecular flexibility index (Phi) is 7.09. The number of anilines is 5. The molecule has 55 heavy (non-hydrogen) atoms. The average Bonchev–Trinajstić information content (AvgIpc) is 3.63. The maximum Gasteiger partial charge on any atom is 0.252 e. The van der Waals surface area contributed by atoms with Gasteiger partial charge in [-0.3, -0.25) is 4.90 Å². The Balaban J connectivity index is 1.28. The molecule has 4 atom stereocenters. The fraction of sp³-hybridized carbons (Fsp3) is 0.480. The van der Waals surface area contributed by atoms with Crippen LogP contribution in [-0.2, 0) is 21.0 Å². The van der Waals surface area contributed by atoms with E-state index < -0.39 is 0 Å². The van der Waals surface area contributed by atoms with Crippen LogP contribution in [0.25, 0.3) is 0 Å². The second kappa shape index (κ2) is 11.0. The smallest absolute Gasteiger partial charge is 0.252 e. The molecule has 0 amide bonds. The third kappa shape index (κ3) is 4.65. The van der Waals surface area contributed by atoms with E-state index in [1.54, 1.807) is 0 Å². The molecule has 2 saturated carbocycles. The minimum Gasteiger partial charge on any atom is -0.486 e. The first-order valence-corrected chi connectivity index (χ1v) is 21.1. The third-order valence-electron chi connectivity index (χ3n) is 15.5. The van der Waals surface area contributed by atoms with Crippen molar-refractivity contribution in [3.05, 3.63) is 106 Å². The van der Waals surface area contributed by atoms with Gasteiger partial charge in [-0.1, -0.05) is 86.1 Å². The normalized spacial score (nSPS) is 28.9. The minimum atomic E-state index is -0.276. The van der Waals surface area contributed by atoms with Crippen molar-refractivity contribution in [2.45, 2.75) is 149 Å². The molecule has 0 N–H and O–H groups in total. The highest BCUT2D eigenvalue weighted by Crippen LogP contribution is 2.64. The van der Waals surface area contributed by atoms with Crippen LogP contribution in [0.3, 0.4) is 0 Å². The van der Waals surface area contributed by atoms with Gasteiger partial charge in [-0.2, -0.15) is 0 Å². The molecule has 2 aliphatic carbocycles. The SMILES string of the molecule is Cc1cc2c3c(c1)N(c1ccc(C(C)(C)C)cc1)c1cc4c(cc1B3C1=C(OC3(C)CCCC13C)N2c1ccc(C(C)(C)C)cc1)OC1(C)CCCCC41C. The van der Waals surface area contributed by atoms with Crippen molar-refractivity contribution in [1.82, 2.24) is 0 Å². The van der Waals surface area contributed by atoms with E-state index >= 15 is 0 Å². The zero-order valence-corrected chi connectivity index (χ0v) is 35.2. The van der Waals surface area contributed by atoms with Crippen LogP contribution >= 0.6 is 0 Å². The van der Waals surface area contributed by atoms with Crippen LogP contribution in [0.2, 0.25) is 0 Å². The Hall–Kier alpha value is -4.12. The maximum absolute atomic E-state index is 7.47. The van der Waals surface area contributed by atoms with E-state index in [0.717, 1.165) is 43.0 Å². The average molecular weight is 731 g/mol. The maximum atomic E-state index is 7.47. The molecule has 10 rings (SSSR count). The second-order valence-electron chi connectivity index (χ2n) is 20.9. The van der Waals surface area contributed by atoms with Crippen LogP contribution < -0.4 is 25.5 Å². The summed E-state index contributed by atoms with van der Waals surface area (Å²) < 4.78 is 14.7. The number of rotatable bonds is 2. The van der Waals surface area contributed by atoms with Gasteiger partial charge in [0, 0.05) is 44.8 Å². The fourth-order valence-corrected chi connectivity index (χ4v) is 11.7. The first kappa shape index (κ1) is 35.3. The molecule has 4 unspecified atom stereocenters. The zero-order valence-electron chi connectivity index (χ0n) is 35.2. The van der Waals surface area contributed by atoms with E-state index in [-0.39, 0.29) is 39.6 Å². The molecule has 4 heterocycles. The van der Waals surface area contributed by atoms with Gasteiger partial charge in [0.25, 0.3) is 6.71 Å². The van der Waals surface area contributed by atoms with E-state index in [1.165, 1.54) is 80.7 Å². The monoisotopic (exact) mass is 730 g/mol. The highest BCUT2D eigenvalue weighted by Gasteiger charge is 2.65. The van der Waals surface area contributed by atoms with Crippen LogP contribution in [-0.4, -0.2) is 17.9 Å². The fourth-order valence-electron chi connectivity index (χ4n) is 11.7. The molecule has 4 aromatic rings. The van der Waals surface area contributed by atoms with E-state index in [2.05, 4.69) is 159 Å².